The minimum Gasteiger partial charge on any atom is -0.485 e. The van der Waals surface area contributed by atoms with E-state index in [1.165, 1.54) is 13.0 Å². The van der Waals surface area contributed by atoms with Gasteiger partial charge < -0.3 is 23.9 Å². The van der Waals surface area contributed by atoms with Gasteiger partial charge >= 0.3 is 5.97 Å². The van der Waals surface area contributed by atoms with E-state index in [2.05, 4.69) is 5.32 Å². The normalized spacial score (nSPS) is 15.2. The maximum absolute atomic E-state index is 12.1. The van der Waals surface area contributed by atoms with E-state index >= 15 is 0 Å². The summed E-state index contributed by atoms with van der Waals surface area (Å²) >= 11 is 0. The molecule has 1 amide bonds. The predicted octanol–water partition coefficient (Wildman–Crippen LogP) is 1.48. The Bertz CT molecular complexity index is 826. The predicted molar refractivity (Wildman–Crippen MR) is 87.9 cm³/mol. The molecule has 0 saturated carbocycles. The molecule has 1 atom stereocenters. The molecular formula is C18H17NO7. The molecule has 1 aliphatic rings. The summed E-state index contributed by atoms with van der Waals surface area (Å²) < 4.78 is 21.3. The summed E-state index contributed by atoms with van der Waals surface area (Å²) in [6.07, 6.45) is -0.940. The number of carbonyl (C=O) groups is 3. The van der Waals surface area contributed by atoms with Crippen LogP contribution in [0.4, 0.5) is 0 Å². The Morgan fingerprint density at radius 1 is 1.15 bits per heavy atom. The highest BCUT2D eigenvalue weighted by Gasteiger charge is 2.29. The quantitative estimate of drug-likeness (QED) is 0.615. The molecule has 8 nitrogen and oxygen atoms in total. The van der Waals surface area contributed by atoms with Crippen LogP contribution in [0.5, 0.6) is 11.5 Å². The van der Waals surface area contributed by atoms with Crippen LogP contribution in [0.25, 0.3) is 0 Å². The number of carbonyl (C=O) groups excluding carboxylic acids is 3. The number of fused-ring (bicyclic) bond motifs is 1. The maximum atomic E-state index is 12.1. The van der Waals surface area contributed by atoms with E-state index in [0.717, 1.165) is 0 Å². The van der Waals surface area contributed by atoms with Crippen molar-refractivity contribution in [1.29, 1.82) is 0 Å². The number of Topliss-reactive ketones (excluding diaryl/α,β-unsaturated/α-hetero) is 1. The third-order valence-corrected chi connectivity index (χ3v) is 3.57. The lowest BCUT2D eigenvalue weighted by molar-refractivity contribution is -0.153. The fraction of sp³-hybridized carbons (Fsp3) is 0.278. The monoisotopic (exact) mass is 359 g/mol. The van der Waals surface area contributed by atoms with Crippen LogP contribution >= 0.6 is 0 Å². The summed E-state index contributed by atoms with van der Waals surface area (Å²) in [7, 11) is 0. The van der Waals surface area contributed by atoms with Crippen molar-refractivity contribution in [2.75, 3.05) is 13.2 Å². The fourth-order valence-corrected chi connectivity index (χ4v) is 2.27. The van der Waals surface area contributed by atoms with Crippen LogP contribution in [0.2, 0.25) is 0 Å². The number of furan rings is 1. The van der Waals surface area contributed by atoms with E-state index < -0.39 is 24.5 Å². The highest BCUT2D eigenvalue weighted by molar-refractivity contribution is 5.95. The van der Waals surface area contributed by atoms with Crippen LogP contribution in [0.1, 0.15) is 23.2 Å². The average molecular weight is 359 g/mol. The number of benzene rings is 1. The van der Waals surface area contributed by atoms with Crippen LogP contribution in [0.15, 0.2) is 40.8 Å². The van der Waals surface area contributed by atoms with Crippen LogP contribution in [0.3, 0.4) is 0 Å². The Hall–Kier alpha value is -3.29. The summed E-state index contributed by atoms with van der Waals surface area (Å²) in [5.41, 5.74) is 0. The van der Waals surface area contributed by atoms with Crippen LogP contribution in [0, 0.1) is 0 Å². The molecule has 0 radical (unpaired) electrons. The van der Waals surface area contributed by atoms with Crippen molar-refractivity contribution >= 4 is 17.7 Å². The van der Waals surface area contributed by atoms with Gasteiger partial charge in [-0.1, -0.05) is 12.1 Å². The molecule has 3 rings (SSSR count). The first-order valence-corrected chi connectivity index (χ1v) is 7.94. The van der Waals surface area contributed by atoms with Crippen molar-refractivity contribution in [3.8, 4) is 11.5 Å². The van der Waals surface area contributed by atoms with Crippen LogP contribution in [-0.2, 0) is 20.9 Å². The van der Waals surface area contributed by atoms with Crippen LogP contribution in [-0.4, -0.2) is 37.0 Å². The molecule has 0 saturated heterocycles. The Morgan fingerprint density at radius 3 is 2.69 bits per heavy atom. The van der Waals surface area contributed by atoms with E-state index in [0.29, 0.717) is 17.3 Å². The number of ketones is 1. The molecule has 0 fully saturated rings. The molecule has 1 aromatic heterocycles. The molecule has 136 valence electrons. The Morgan fingerprint density at radius 2 is 1.92 bits per heavy atom. The largest absolute Gasteiger partial charge is 0.485 e. The molecule has 2 heterocycles. The van der Waals surface area contributed by atoms with Gasteiger partial charge in [0.05, 0.1) is 6.54 Å². The average Bonchev–Trinajstić information content (AvgIpc) is 3.13. The number of rotatable bonds is 6. The van der Waals surface area contributed by atoms with Gasteiger partial charge in [0.25, 0.3) is 0 Å². The lowest BCUT2D eigenvalue weighted by atomic mass is 10.2. The lowest BCUT2D eigenvalue weighted by Gasteiger charge is -2.24. The molecule has 0 spiro atoms. The molecule has 26 heavy (non-hydrogen) atoms. The number of amides is 1. The van der Waals surface area contributed by atoms with Gasteiger partial charge in [-0.05, 0) is 24.3 Å². The summed E-state index contributed by atoms with van der Waals surface area (Å²) in [5.74, 6) is 0.0670. The van der Waals surface area contributed by atoms with Gasteiger partial charge in [-0.15, -0.1) is 0 Å². The molecule has 0 unspecified atom stereocenters. The smallest absolute Gasteiger partial charge is 0.351 e. The molecule has 0 bridgehead atoms. The summed E-state index contributed by atoms with van der Waals surface area (Å²) in [5, 5.41) is 2.56. The number of esters is 1. The lowest BCUT2D eigenvalue weighted by Crippen LogP contribution is -2.38. The first-order valence-electron chi connectivity index (χ1n) is 7.94. The number of nitrogens with one attached hydrogen (secondary N) is 1. The van der Waals surface area contributed by atoms with Gasteiger partial charge in [-0.25, -0.2) is 4.79 Å². The zero-order chi connectivity index (χ0) is 18.5. The van der Waals surface area contributed by atoms with Crippen LogP contribution < -0.4 is 14.8 Å². The minimum atomic E-state index is -0.940. The summed E-state index contributed by atoms with van der Waals surface area (Å²) in [6, 6.07) is 10.00. The second-order valence-corrected chi connectivity index (χ2v) is 5.57. The zero-order valence-electron chi connectivity index (χ0n) is 14.0. The highest BCUT2D eigenvalue weighted by atomic mass is 16.6. The van der Waals surface area contributed by atoms with Gasteiger partial charge in [-0.2, -0.15) is 0 Å². The van der Waals surface area contributed by atoms with Gasteiger partial charge in [0.15, 0.2) is 23.9 Å². The molecule has 1 aromatic carbocycles. The van der Waals surface area contributed by atoms with Crippen molar-refractivity contribution in [2.24, 2.45) is 0 Å². The van der Waals surface area contributed by atoms with Crippen molar-refractivity contribution in [3.05, 3.63) is 47.9 Å². The second-order valence-electron chi connectivity index (χ2n) is 5.57. The van der Waals surface area contributed by atoms with Crippen molar-refractivity contribution in [2.45, 2.75) is 19.6 Å². The van der Waals surface area contributed by atoms with Crippen molar-refractivity contribution in [1.82, 2.24) is 5.32 Å². The maximum Gasteiger partial charge on any atom is 0.351 e. The SMILES string of the molecule is CC(=O)NCc1ccc(C(=O)COC(=O)[C@@H]2COc3ccccc3O2)o1. The number of hydrogen-bond donors (Lipinski definition) is 1. The molecule has 2 aromatic rings. The molecule has 1 N–H and O–H groups in total. The third-order valence-electron chi connectivity index (χ3n) is 3.57. The first-order chi connectivity index (χ1) is 12.5. The number of para-hydroxylation sites is 2. The van der Waals surface area contributed by atoms with Crippen molar-refractivity contribution < 1.29 is 33.0 Å². The molecular weight excluding hydrogens is 342 g/mol. The molecule has 1 aliphatic heterocycles. The number of hydrogen-bond acceptors (Lipinski definition) is 7. The van der Waals surface area contributed by atoms with Gasteiger partial charge in [0, 0.05) is 6.92 Å². The topological polar surface area (TPSA) is 104 Å². The Labute approximate surface area is 149 Å². The zero-order valence-corrected chi connectivity index (χ0v) is 14.0. The Kier molecular flexibility index (Phi) is 5.21. The van der Waals surface area contributed by atoms with E-state index in [4.69, 9.17) is 18.6 Å². The van der Waals surface area contributed by atoms with Gasteiger partial charge in [-0.3, -0.25) is 9.59 Å². The standard InChI is InChI=1S/C18H17NO7/c1-11(20)19-8-12-6-7-14(25-12)13(21)9-24-18(22)17-10-23-15-4-2-3-5-16(15)26-17/h2-7,17H,8-10H2,1H3,(H,19,20)/t17-/m0/s1. The van der Waals surface area contributed by atoms with E-state index in [1.54, 1.807) is 30.3 Å². The van der Waals surface area contributed by atoms with E-state index in [9.17, 15) is 14.4 Å². The van der Waals surface area contributed by atoms with Gasteiger partial charge in [0.1, 0.15) is 12.4 Å². The summed E-state index contributed by atoms with van der Waals surface area (Å²) in [4.78, 5) is 35.0. The minimum absolute atomic E-state index is 0.00561. The van der Waals surface area contributed by atoms with E-state index in [-0.39, 0.29) is 24.8 Å². The van der Waals surface area contributed by atoms with Crippen molar-refractivity contribution in [3.63, 3.8) is 0 Å². The fourth-order valence-electron chi connectivity index (χ4n) is 2.27. The highest BCUT2D eigenvalue weighted by Crippen LogP contribution is 2.31. The molecule has 8 heteroatoms. The van der Waals surface area contributed by atoms with E-state index in [1.807, 2.05) is 0 Å². The molecule has 0 aliphatic carbocycles. The van der Waals surface area contributed by atoms with Gasteiger partial charge in [0.2, 0.25) is 17.8 Å². The third kappa shape index (κ3) is 4.21. The summed E-state index contributed by atoms with van der Waals surface area (Å²) in [6.45, 7) is 1.08. The second kappa shape index (κ2) is 7.73. The number of ether oxygens (including phenoxy) is 3. The Balaban J connectivity index is 1.50. The first kappa shape index (κ1) is 17.5.